The Bertz CT molecular complexity index is 268. The van der Waals surface area contributed by atoms with Crippen LogP contribution in [0.2, 0.25) is 0 Å². The molecular weight excluding hydrogens is 186 g/mol. The highest BCUT2D eigenvalue weighted by atomic mass is 15.0. The van der Waals surface area contributed by atoms with Gasteiger partial charge in [0, 0.05) is 31.9 Å². The molecule has 86 valence electrons. The molecule has 0 aromatic carbocycles. The molecule has 0 bridgehead atoms. The summed E-state index contributed by atoms with van der Waals surface area (Å²) in [5.41, 5.74) is 0. The number of unbranched alkanes of at least 4 members (excludes halogenated alkanes) is 1. The minimum atomic E-state index is 0.649. The number of hydrogen-bond acceptors (Lipinski definition) is 2. The molecule has 3 heteroatoms. The van der Waals surface area contributed by atoms with Crippen molar-refractivity contribution in [2.24, 2.45) is 7.05 Å². The Morgan fingerprint density at radius 1 is 1.47 bits per heavy atom. The molecule has 1 N–H and O–H groups in total. The van der Waals surface area contributed by atoms with Crippen LogP contribution in [0.5, 0.6) is 0 Å². The lowest BCUT2D eigenvalue weighted by Crippen LogP contribution is -2.25. The predicted molar refractivity (Wildman–Crippen MR) is 63.9 cm³/mol. The SMILES string of the molecule is CCNC(C)CCCCc1nccn1C. The molecule has 0 aliphatic carbocycles. The zero-order valence-electron chi connectivity index (χ0n) is 10.2. The summed E-state index contributed by atoms with van der Waals surface area (Å²) in [6, 6.07) is 0.649. The zero-order chi connectivity index (χ0) is 11.1. The van der Waals surface area contributed by atoms with Crippen molar-refractivity contribution >= 4 is 0 Å². The third kappa shape index (κ3) is 4.47. The summed E-state index contributed by atoms with van der Waals surface area (Å²) in [4.78, 5) is 4.32. The van der Waals surface area contributed by atoms with Gasteiger partial charge in [0.05, 0.1) is 0 Å². The second-order valence-corrected chi connectivity index (χ2v) is 4.16. The number of aryl methyl sites for hydroxylation is 2. The van der Waals surface area contributed by atoms with Crippen LogP contribution in [0.1, 0.15) is 38.9 Å². The van der Waals surface area contributed by atoms with E-state index < -0.39 is 0 Å². The molecule has 3 nitrogen and oxygen atoms in total. The summed E-state index contributed by atoms with van der Waals surface area (Å²) >= 11 is 0. The molecule has 0 aliphatic rings. The monoisotopic (exact) mass is 209 g/mol. The largest absolute Gasteiger partial charge is 0.338 e. The van der Waals surface area contributed by atoms with Gasteiger partial charge in [0.1, 0.15) is 5.82 Å². The second kappa shape index (κ2) is 6.62. The van der Waals surface area contributed by atoms with E-state index in [2.05, 4.69) is 35.8 Å². The Morgan fingerprint density at radius 3 is 2.87 bits per heavy atom. The molecule has 1 unspecified atom stereocenters. The number of imidazole rings is 1. The molecule has 0 amide bonds. The maximum absolute atomic E-state index is 4.32. The topological polar surface area (TPSA) is 29.9 Å². The molecule has 1 heterocycles. The average Bonchev–Trinajstić information content (AvgIpc) is 2.60. The summed E-state index contributed by atoms with van der Waals surface area (Å²) in [6.45, 7) is 5.48. The highest BCUT2D eigenvalue weighted by Crippen LogP contribution is 2.05. The number of hydrogen-bond donors (Lipinski definition) is 1. The Balaban J connectivity index is 2.09. The average molecular weight is 209 g/mol. The molecule has 1 aromatic rings. The Hall–Kier alpha value is -0.830. The van der Waals surface area contributed by atoms with E-state index in [4.69, 9.17) is 0 Å². The van der Waals surface area contributed by atoms with Crippen LogP contribution in [0, 0.1) is 0 Å². The Morgan fingerprint density at radius 2 is 2.27 bits per heavy atom. The van der Waals surface area contributed by atoms with Crippen molar-refractivity contribution in [2.75, 3.05) is 6.54 Å². The molecule has 0 spiro atoms. The minimum absolute atomic E-state index is 0.649. The van der Waals surface area contributed by atoms with Gasteiger partial charge in [-0.2, -0.15) is 0 Å². The van der Waals surface area contributed by atoms with Crippen molar-refractivity contribution in [3.05, 3.63) is 18.2 Å². The smallest absolute Gasteiger partial charge is 0.108 e. The first kappa shape index (κ1) is 12.2. The molecule has 0 radical (unpaired) electrons. The van der Waals surface area contributed by atoms with Crippen molar-refractivity contribution in [2.45, 2.75) is 45.6 Å². The first-order chi connectivity index (χ1) is 7.24. The van der Waals surface area contributed by atoms with E-state index in [0.29, 0.717) is 6.04 Å². The maximum atomic E-state index is 4.32. The van der Waals surface area contributed by atoms with Crippen LogP contribution in [-0.2, 0) is 13.5 Å². The first-order valence-electron chi connectivity index (χ1n) is 5.93. The van der Waals surface area contributed by atoms with E-state index in [1.807, 2.05) is 12.4 Å². The molecule has 1 aromatic heterocycles. The molecule has 0 fully saturated rings. The van der Waals surface area contributed by atoms with Gasteiger partial charge in [-0.15, -0.1) is 0 Å². The van der Waals surface area contributed by atoms with Gasteiger partial charge < -0.3 is 9.88 Å². The van der Waals surface area contributed by atoms with Crippen molar-refractivity contribution in [1.82, 2.24) is 14.9 Å². The Labute approximate surface area is 92.9 Å². The van der Waals surface area contributed by atoms with Gasteiger partial charge in [-0.3, -0.25) is 0 Å². The summed E-state index contributed by atoms with van der Waals surface area (Å²) in [5, 5.41) is 3.43. The van der Waals surface area contributed by atoms with E-state index in [0.717, 1.165) is 13.0 Å². The lowest BCUT2D eigenvalue weighted by molar-refractivity contribution is 0.499. The highest BCUT2D eigenvalue weighted by Gasteiger charge is 2.01. The number of nitrogens with zero attached hydrogens (tertiary/aromatic N) is 2. The second-order valence-electron chi connectivity index (χ2n) is 4.16. The van der Waals surface area contributed by atoms with Crippen molar-refractivity contribution in [1.29, 1.82) is 0 Å². The van der Waals surface area contributed by atoms with Crippen LogP contribution in [0.3, 0.4) is 0 Å². The fraction of sp³-hybridized carbons (Fsp3) is 0.750. The fourth-order valence-corrected chi connectivity index (χ4v) is 1.82. The third-order valence-corrected chi connectivity index (χ3v) is 2.76. The lowest BCUT2D eigenvalue weighted by Gasteiger charge is -2.11. The quantitative estimate of drug-likeness (QED) is 0.697. The summed E-state index contributed by atoms with van der Waals surface area (Å²) in [7, 11) is 2.06. The van der Waals surface area contributed by atoms with Crippen LogP contribution >= 0.6 is 0 Å². The van der Waals surface area contributed by atoms with E-state index in [-0.39, 0.29) is 0 Å². The third-order valence-electron chi connectivity index (χ3n) is 2.76. The predicted octanol–water partition coefficient (Wildman–Crippen LogP) is 2.13. The van der Waals surface area contributed by atoms with Gasteiger partial charge in [-0.25, -0.2) is 4.98 Å². The number of rotatable bonds is 7. The molecule has 15 heavy (non-hydrogen) atoms. The summed E-state index contributed by atoms with van der Waals surface area (Å²) in [5.74, 6) is 1.20. The number of nitrogens with one attached hydrogen (secondary N) is 1. The van der Waals surface area contributed by atoms with E-state index in [1.165, 1.54) is 25.1 Å². The van der Waals surface area contributed by atoms with Gasteiger partial charge in [0.2, 0.25) is 0 Å². The van der Waals surface area contributed by atoms with Crippen LogP contribution < -0.4 is 5.32 Å². The molecule has 0 saturated heterocycles. The maximum Gasteiger partial charge on any atom is 0.108 e. The van der Waals surface area contributed by atoms with Crippen LogP contribution in [0.25, 0.3) is 0 Å². The zero-order valence-corrected chi connectivity index (χ0v) is 10.2. The minimum Gasteiger partial charge on any atom is -0.338 e. The lowest BCUT2D eigenvalue weighted by atomic mass is 10.1. The summed E-state index contributed by atoms with van der Waals surface area (Å²) in [6.07, 6.45) is 8.76. The van der Waals surface area contributed by atoms with Crippen molar-refractivity contribution in [3.8, 4) is 0 Å². The van der Waals surface area contributed by atoms with Gasteiger partial charge in [-0.1, -0.05) is 13.3 Å². The van der Waals surface area contributed by atoms with Crippen LogP contribution in [0.4, 0.5) is 0 Å². The highest BCUT2D eigenvalue weighted by molar-refractivity contribution is 4.90. The molecule has 0 saturated carbocycles. The van der Waals surface area contributed by atoms with Crippen molar-refractivity contribution < 1.29 is 0 Å². The van der Waals surface area contributed by atoms with Gasteiger partial charge in [-0.05, 0) is 26.3 Å². The molecule has 1 rings (SSSR count). The van der Waals surface area contributed by atoms with E-state index >= 15 is 0 Å². The van der Waals surface area contributed by atoms with Crippen LogP contribution in [-0.4, -0.2) is 22.1 Å². The van der Waals surface area contributed by atoms with E-state index in [9.17, 15) is 0 Å². The molecule has 0 aliphatic heterocycles. The summed E-state index contributed by atoms with van der Waals surface area (Å²) < 4.78 is 2.10. The molecular formula is C12H23N3. The van der Waals surface area contributed by atoms with Gasteiger partial charge >= 0.3 is 0 Å². The fourth-order valence-electron chi connectivity index (χ4n) is 1.82. The normalized spacial score (nSPS) is 13.0. The van der Waals surface area contributed by atoms with E-state index in [1.54, 1.807) is 0 Å². The Kier molecular flexibility index (Phi) is 5.40. The van der Waals surface area contributed by atoms with Crippen molar-refractivity contribution in [3.63, 3.8) is 0 Å². The number of aromatic nitrogens is 2. The first-order valence-corrected chi connectivity index (χ1v) is 5.93. The molecule has 1 atom stereocenters. The standard InChI is InChI=1S/C12H23N3/c1-4-13-11(2)7-5-6-8-12-14-9-10-15(12)3/h9-11,13H,4-8H2,1-3H3. The van der Waals surface area contributed by atoms with Gasteiger partial charge in [0.25, 0.3) is 0 Å². The van der Waals surface area contributed by atoms with Crippen LogP contribution in [0.15, 0.2) is 12.4 Å². The van der Waals surface area contributed by atoms with Gasteiger partial charge in [0.15, 0.2) is 0 Å².